The molecule has 0 bridgehead atoms. The van der Waals surface area contributed by atoms with Gasteiger partial charge in [-0.25, -0.2) is 0 Å². The van der Waals surface area contributed by atoms with E-state index < -0.39 is 0 Å². The summed E-state index contributed by atoms with van der Waals surface area (Å²) >= 11 is 0. The normalized spacial score (nSPS) is 13.9. The van der Waals surface area contributed by atoms with Gasteiger partial charge in [-0.2, -0.15) is 0 Å². The Balaban J connectivity index is 1.41. The summed E-state index contributed by atoms with van der Waals surface area (Å²) in [6, 6.07) is 27.8. The Morgan fingerprint density at radius 1 is 0.697 bits per heavy atom. The molecule has 1 saturated carbocycles. The SMILES string of the molecule is O=C(NCc1ccc(C(=O)N(Cc2ccccc2)Cc2ccccc2)cc1)C1CCCCC1. The van der Waals surface area contributed by atoms with Crippen LogP contribution in [0.15, 0.2) is 84.9 Å². The maximum atomic E-state index is 13.4. The van der Waals surface area contributed by atoms with Gasteiger partial charge in [0.25, 0.3) is 5.91 Å². The molecule has 4 rings (SSSR count). The second-order valence-corrected chi connectivity index (χ2v) is 8.88. The highest BCUT2D eigenvalue weighted by Gasteiger charge is 2.21. The molecule has 33 heavy (non-hydrogen) atoms. The van der Waals surface area contributed by atoms with E-state index in [-0.39, 0.29) is 17.7 Å². The number of nitrogens with one attached hydrogen (secondary N) is 1. The summed E-state index contributed by atoms with van der Waals surface area (Å²) in [4.78, 5) is 27.7. The lowest BCUT2D eigenvalue weighted by molar-refractivity contribution is -0.126. The van der Waals surface area contributed by atoms with Gasteiger partial charge in [-0.15, -0.1) is 0 Å². The third-order valence-electron chi connectivity index (χ3n) is 6.36. The molecule has 1 N–H and O–H groups in total. The van der Waals surface area contributed by atoms with Crippen LogP contribution in [0.3, 0.4) is 0 Å². The van der Waals surface area contributed by atoms with Gasteiger partial charge in [0, 0.05) is 31.1 Å². The molecule has 3 aromatic rings. The van der Waals surface area contributed by atoms with Crippen LogP contribution >= 0.6 is 0 Å². The number of nitrogens with zero attached hydrogens (tertiary/aromatic N) is 1. The van der Waals surface area contributed by atoms with Gasteiger partial charge in [-0.05, 0) is 41.7 Å². The molecule has 4 nitrogen and oxygen atoms in total. The minimum atomic E-state index is 0.000460. The zero-order chi connectivity index (χ0) is 22.9. The zero-order valence-electron chi connectivity index (χ0n) is 19.1. The van der Waals surface area contributed by atoms with Gasteiger partial charge in [0.2, 0.25) is 5.91 Å². The van der Waals surface area contributed by atoms with Crippen LogP contribution in [0.1, 0.15) is 59.2 Å². The van der Waals surface area contributed by atoms with Crippen LogP contribution in [0.2, 0.25) is 0 Å². The summed E-state index contributed by atoms with van der Waals surface area (Å²) < 4.78 is 0. The van der Waals surface area contributed by atoms with Crippen LogP contribution < -0.4 is 5.32 Å². The second-order valence-electron chi connectivity index (χ2n) is 8.88. The van der Waals surface area contributed by atoms with Crippen LogP contribution in [0.5, 0.6) is 0 Å². The number of carbonyl (C=O) groups is 2. The molecule has 0 spiro atoms. The van der Waals surface area contributed by atoms with E-state index in [1.54, 1.807) is 0 Å². The first-order chi connectivity index (χ1) is 16.2. The van der Waals surface area contributed by atoms with Gasteiger partial charge >= 0.3 is 0 Å². The van der Waals surface area contributed by atoms with Crippen molar-refractivity contribution in [3.05, 3.63) is 107 Å². The first kappa shape index (κ1) is 22.8. The molecular weight excluding hydrogens is 408 g/mol. The fourth-order valence-electron chi connectivity index (χ4n) is 4.45. The molecule has 2 amide bonds. The third kappa shape index (κ3) is 6.55. The van der Waals surface area contributed by atoms with E-state index in [1.165, 1.54) is 6.42 Å². The van der Waals surface area contributed by atoms with Gasteiger partial charge in [-0.3, -0.25) is 9.59 Å². The Morgan fingerprint density at radius 3 is 1.79 bits per heavy atom. The van der Waals surface area contributed by atoms with Crippen LogP contribution in [0, 0.1) is 5.92 Å². The average Bonchev–Trinajstić information content (AvgIpc) is 2.88. The van der Waals surface area contributed by atoms with Crippen molar-refractivity contribution >= 4 is 11.8 Å². The lowest BCUT2D eigenvalue weighted by Crippen LogP contribution is -2.31. The summed E-state index contributed by atoms with van der Waals surface area (Å²) in [6.45, 7) is 1.60. The summed E-state index contributed by atoms with van der Waals surface area (Å²) in [7, 11) is 0. The fourth-order valence-corrected chi connectivity index (χ4v) is 4.45. The summed E-state index contributed by atoms with van der Waals surface area (Å²) in [5.41, 5.74) is 3.87. The standard InChI is InChI=1S/C29H32N2O2/c32-28(26-14-8-3-9-15-26)30-20-23-16-18-27(19-17-23)29(33)31(21-24-10-4-1-5-11-24)22-25-12-6-2-7-13-25/h1-2,4-7,10-13,16-19,26H,3,8-9,14-15,20-22H2,(H,30,32). The smallest absolute Gasteiger partial charge is 0.254 e. The highest BCUT2D eigenvalue weighted by Crippen LogP contribution is 2.23. The van der Waals surface area contributed by atoms with Crippen LogP contribution in [-0.4, -0.2) is 16.7 Å². The molecule has 170 valence electrons. The molecule has 1 aliphatic rings. The maximum Gasteiger partial charge on any atom is 0.254 e. The quantitative estimate of drug-likeness (QED) is 0.487. The van der Waals surface area contributed by atoms with E-state index in [0.717, 1.165) is 42.4 Å². The predicted molar refractivity (Wildman–Crippen MR) is 131 cm³/mol. The van der Waals surface area contributed by atoms with Crippen molar-refractivity contribution in [3.8, 4) is 0 Å². The van der Waals surface area contributed by atoms with Crippen molar-refractivity contribution in [1.29, 1.82) is 0 Å². The van der Waals surface area contributed by atoms with Gasteiger partial charge in [0.15, 0.2) is 0 Å². The third-order valence-corrected chi connectivity index (χ3v) is 6.36. The molecule has 0 atom stereocenters. The summed E-state index contributed by atoms with van der Waals surface area (Å²) in [5, 5.41) is 3.07. The Hall–Kier alpha value is -3.40. The first-order valence-corrected chi connectivity index (χ1v) is 11.9. The Kier molecular flexibility index (Phi) is 7.91. The van der Waals surface area contributed by atoms with E-state index >= 15 is 0 Å². The van der Waals surface area contributed by atoms with Crippen LogP contribution in [0.4, 0.5) is 0 Å². The Labute approximate surface area is 196 Å². The van der Waals surface area contributed by atoms with E-state index in [9.17, 15) is 9.59 Å². The van der Waals surface area contributed by atoms with Crippen molar-refractivity contribution in [2.45, 2.75) is 51.7 Å². The van der Waals surface area contributed by atoms with Crippen molar-refractivity contribution < 1.29 is 9.59 Å². The average molecular weight is 441 g/mol. The fraction of sp³-hybridized carbons (Fsp3) is 0.310. The lowest BCUT2D eigenvalue weighted by atomic mass is 9.88. The lowest BCUT2D eigenvalue weighted by Gasteiger charge is -2.23. The van der Waals surface area contributed by atoms with Gasteiger partial charge in [-0.1, -0.05) is 92.1 Å². The molecule has 1 aliphatic carbocycles. The molecule has 1 fully saturated rings. The van der Waals surface area contributed by atoms with Crippen molar-refractivity contribution in [1.82, 2.24) is 10.2 Å². The number of hydrogen-bond donors (Lipinski definition) is 1. The number of benzene rings is 3. The molecule has 0 aromatic heterocycles. The van der Waals surface area contributed by atoms with E-state index in [2.05, 4.69) is 5.32 Å². The minimum Gasteiger partial charge on any atom is -0.352 e. The Morgan fingerprint density at radius 2 is 1.24 bits per heavy atom. The second kappa shape index (κ2) is 11.5. The van der Waals surface area contributed by atoms with E-state index in [1.807, 2.05) is 89.8 Å². The molecule has 0 saturated heterocycles. The Bertz CT molecular complexity index is 985. The van der Waals surface area contributed by atoms with Crippen molar-refractivity contribution in [3.63, 3.8) is 0 Å². The number of amides is 2. The summed E-state index contributed by atoms with van der Waals surface area (Å²) in [6.07, 6.45) is 5.54. The molecule has 0 heterocycles. The molecular formula is C29H32N2O2. The van der Waals surface area contributed by atoms with Crippen molar-refractivity contribution in [2.24, 2.45) is 5.92 Å². The topological polar surface area (TPSA) is 49.4 Å². The molecule has 0 radical (unpaired) electrons. The highest BCUT2D eigenvalue weighted by atomic mass is 16.2. The van der Waals surface area contributed by atoms with E-state index in [4.69, 9.17) is 0 Å². The van der Waals surface area contributed by atoms with Crippen LogP contribution in [0.25, 0.3) is 0 Å². The molecule has 4 heteroatoms. The minimum absolute atomic E-state index is 0.000460. The van der Waals surface area contributed by atoms with Gasteiger partial charge < -0.3 is 10.2 Å². The van der Waals surface area contributed by atoms with Crippen LogP contribution in [-0.2, 0) is 24.4 Å². The van der Waals surface area contributed by atoms with Crippen molar-refractivity contribution in [2.75, 3.05) is 0 Å². The number of hydrogen-bond acceptors (Lipinski definition) is 2. The largest absolute Gasteiger partial charge is 0.352 e. The first-order valence-electron chi connectivity index (χ1n) is 11.9. The maximum absolute atomic E-state index is 13.4. The molecule has 3 aromatic carbocycles. The predicted octanol–water partition coefficient (Wildman–Crippen LogP) is 5.73. The molecule has 0 unspecified atom stereocenters. The van der Waals surface area contributed by atoms with Gasteiger partial charge in [0.05, 0.1) is 0 Å². The van der Waals surface area contributed by atoms with Gasteiger partial charge in [0.1, 0.15) is 0 Å². The monoisotopic (exact) mass is 440 g/mol. The molecule has 0 aliphatic heterocycles. The highest BCUT2D eigenvalue weighted by molar-refractivity contribution is 5.94. The zero-order valence-corrected chi connectivity index (χ0v) is 19.1. The number of rotatable bonds is 8. The van der Waals surface area contributed by atoms with E-state index in [0.29, 0.717) is 25.2 Å². The summed E-state index contributed by atoms with van der Waals surface area (Å²) in [5.74, 6) is 0.316. The number of carbonyl (C=O) groups excluding carboxylic acids is 2.